The van der Waals surface area contributed by atoms with E-state index in [9.17, 15) is 0 Å². The zero-order chi connectivity index (χ0) is 30.5. The maximum absolute atomic E-state index is 7.07. The van der Waals surface area contributed by atoms with Crippen LogP contribution < -0.4 is 4.74 Å². The van der Waals surface area contributed by atoms with Gasteiger partial charge < -0.3 is 4.74 Å². The van der Waals surface area contributed by atoms with Crippen molar-refractivity contribution < 1.29 is 4.74 Å². The van der Waals surface area contributed by atoms with Gasteiger partial charge in [-0.25, -0.2) is 0 Å². The fraction of sp³-hybridized carbons (Fsp3) is 0.0222. The molecule has 9 rings (SSSR count). The lowest BCUT2D eigenvalue weighted by Crippen LogP contribution is -2.34. The quantitative estimate of drug-likeness (QED) is 0.186. The summed E-state index contributed by atoms with van der Waals surface area (Å²) in [7, 11) is 0. The molecule has 216 valence electrons. The monoisotopic (exact) mass is 586 g/mol. The molecule has 0 saturated carbocycles. The van der Waals surface area contributed by atoms with E-state index < -0.39 is 5.41 Å². The smallest absolute Gasteiger partial charge is 0.140 e. The predicted octanol–water partition coefficient (Wildman–Crippen LogP) is 11.8. The topological polar surface area (TPSA) is 9.23 Å². The number of ether oxygens (including phenoxy) is 1. The molecule has 0 bridgehead atoms. The van der Waals surface area contributed by atoms with Crippen LogP contribution in [0.15, 0.2) is 182 Å². The third kappa shape index (κ3) is 3.82. The van der Waals surface area contributed by atoms with Gasteiger partial charge in [0.2, 0.25) is 0 Å². The molecule has 1 heterocycles. The van der Waals surface area contributed by atoms with Gasteiger partial charge in [-0.15, -0.1) is 0 Å². The average molecular weight is 587 g/mol. The van der Waals surface area contributed by atoms with E-state index in [-0.39, 0.29) is 0 Å². The van der Waals surface area contributed by atoms with Crippen LogP contribution in [0.5, 0.6) is 11.5 Å². The van der Waals surface area contributed by atoms with Crippen molar-refractivity contribution >= 4 is 21.5 Å². The van der Waals surface area contributed by atoms with E-state index in [4.69, 9.17) is 4.74 Å². The van der Waals surface area contributed by atoms with Crippen molar-refractivity contribution in [1.29, 1.82) is 0 Å². The highest BCUT2D eigenvalue weighted by molar-refractivity contribution is 6.22. The second-order valence-electron chi connectivity index (χ2n) is 12.0. The summed E-state index contributed by atoms with van der Waals surface area (Å²) in [5, 5.41) is 4.88. The van der Waals surface area contributed by atoms with Crippen LogP contribution in [0.2, 0.25) is 0 Å². The summed E-state index contributed by atoms with van der Waals surface area (Å²) in [6.07, 6.45) is 0. The first-order valence-corrected chi connectivity index (χ1v) is 15.9. The Kier molecular flexibility index (Phi) is 6.11. The molecule has 1 aliphatic heterocycles. The van der Waals surface area contributed by atoms with Gasteiger partial charge in [-0.1, -0.05) is 176 Å². The summed E-state index contributed by atoms with van der Waals surface area (Å²) in [6, 6.07) is 65.5. The van der Waals surface area contributed by atoms with E-state index >= 15 is 0 Å². The van der Waals surface area contributed by atoms with Gasteiger partial charge in [0.1, 0.15) is 11.5 Å². The predicted molar refractivity (Wildman–Crippen MR) is 191 cm³/mol. The number of para-hydroxylation sites is 2. The molecule has 0 aliphatic carbocycles. The van der Waals surface area contributed by atoms with Crippen molar-refractivity contribution in [3.63, 3.8) is 0 Å². The highest BCUT2D eigenvalue weighted by atomic mass is 16.5. The molecule has 0 radical (unpaired) electrons. The summed E-state index contributed by atoms with van der Waals surface area (Å²) in [5.41, 5.74) is 8.90. The Morgan fingerprint density at radius 3 is 1.39 bits per heavy atom. The molecule has 0 fully saturated rings. The van der Waals surface area contributed by atoms with Crippen LogP contribution in [0.1, 0.15) is 22.3 Å². The van der Waals surface area contributed by atoms with Crippen molar-refractivity contribution in [2.45, 2.75) is 5.41 Å². The average Bonchev–Trinajstić information content (AvgIpc) is 3.14. The molecular weight excluding hydrogens is 556 g/mol. The van der Waals surface area contributed by atoms with Crippen molar-refractivity contribution in [1.82, 2.24) is 0 Å². The molecule has 0 amide bonds. The lowest BCUT2D eigenvalue weighted by molar-refractivity contribution is 0.436. The van der Waals surface area contributed by atoms with Gasteiger partial charge in [0.25, 0.3) is 0 Å². The van der Waals surface area contributed by atoms with E-state index in [0.717, 1.165) is 28.2 Å². The highest BCUT2D eigenvalue weighted by Crippen LogP contribution is 2.58. The van der Waals surface area contributed by atoms with Crippen LogP contribution in [0.25, 0.3) is 43.8 Å². The molecule has 8 aromatic carbocycles. The van der Waals surface area contributed by atoms with Gasteiger partial charge in [0.15, 0.2) is 0 Å². The van der Waals surface area contributed by atoms with Gasteiger partial charge in [0, 0.05) is 22.3 Å². The summed E-state index contributed by atoms with van der Waals surface area (Å²) in [6.45, 7) is 0. The van der Waals surface area contributed by atoms with E-state index in [0.29, 0.717) is 0 Å². The number of hydrogen-bond acceptors (Lipinski definition) is 1. The maximum atomic E-state index is 7.07. The molecule has 0 N–H and O–H groups in total. The van der Waals surface area contributed by atoms with Gasteiger partial charge in [-0.05, 0) is 49.9 Å². The number of benzene rings is 8. The van der Waals surface area contributed by atoms with E-state index in [2.05, 4.69) is 182 Å². The molecule has 8 aromatic rings. The summed E-state index contributed by atoms with van der Waals surface area (Å²) < 4.78 is 7.07. The first-order valence-electron chi connectivity index (χ1n) is 15.9. The second-order valence-corrected chi connectivity index (χ2v) is 12.0. The zero-order valence-corrected chi connectivity index (χ0v) is 25.2. The lowest BCUT2D eigenvalue weighted by Gasteiger charge is -2.42. The number of fused-ring (bicyclic) bond motifs is 4. The first-order chi connectivity index (χ1) is 22.9. The van der Waals surface area contributed by atoms with Gasteiger partial charge in [-0.3, -0.25) is 0 Å². The maximum Gasteiger partial charge on any atom is 0.140 e. The summed E-state index contributed by atoms with van der Waals surface area (Å²) in [4.78, 5) is 0. The molecule has 0 unspecified atom stereocenters. The molecule has 1 nitrogen and oxygen atoms in total. The zero-order valence-electron chi connectivity index (χ0n) is 25.2. The highest BCUT2D eigenvalue weighted by Gasteiger charge is 2.46. The minimum absolute atomic E-state index is 0.571. The van der Waals surface area contributed by atoms with Crippen LogP contribution in [-0.4, -0.2) is 0 Å². The minimum Gasteiger partial charge on any atom is -0.456 e. The Morgan fingerprint density at radius 2 is 0.804 bits per heavy atom. The van der Waals surface area contributed by atoms with Crippen LogP contribution in [-0.2, 0) is 5.41 Å². The van der Waals surface area contributed by atoms with E-state index in [1.54, 1.807) is 0 Å². The van der Waals surface area contributed by atoms with E-state index in [1.165, 1.54) is 49.4 Å². The molecule has 1 heteroatoms. The largest absolute Gasteiger partial charge is 0.456 e. The standard InChI is InChI=1S/C45H30O/c1-4-17-31(18-5-1)42-34-23-10-12-25-36(34)43(37-26-13-11-24-35(37)42)38-27-16-29-40-44(38)46-41-30-15-14-28-39(41)45(40,32-19-6-2-7-20-32)33-21-8-3-9-22-33/h1-30H. The van der Waals surface area contributed by atoms with Crippen LogP contribution in [0.3, 0.4) is 0 Å². The lowest BCUT2D eigenvalue weighted by atomic mass is 9.63. The third-order valence-electron chi connectivity index (χ3n) is 9.60. The Morgan fingerprint density at radius 1 is 0.348 bits per heavy atom. The van der Waals surface area contributed by atoms with Crippen molar-refractivity contribution in [3.8, 4) is 33.8 Å². The fourth-order valence-electron chi connectivity index (χ4n) is 7.76. The van der Waals surface area contributed by atoms with Crippen molar-refractivity contribution in [2.75, 3.05) is 0 Å². The van der Waals surface area contributed by atoms with Crippen LogP contribution in [0.4, 0.5) is 0 Å². The molecule has 0 aromatic heterocycles. The summed E-state index contributed by atoms with van der Waals surface area (Å²) in [5.74, 6) is 1.78. The van der Waals surface area contributed by atoms with Gasteiger partial charge >= 0.3 is 0 Å². The van der Waals surface area contributed by atoms with E-state index in [1.807, 2.05) is 0 Å². The first kappa shape index (κ1) is 26.5. The molecular formula is C45H30O. The van der Waals surface area contributed by atoms with Crippen LogP contribution >= 0.6 is 0 Å². The SMILES string of the molecule is c1ccc(-c2c3ccccc3c(-c3cccc4c3Oc3ccccc3C4(c3ccccc3)c3ccccc3)c3ccccc23)cc1. The van der Waals surface area contributed by atoms with Gasteiger partial charge in [-0.2, -0.15) is 0 Å². The van der Waals surface area contributed by atoms with Crippen LogP contribution in [0, 0.1) is 0 Å². The third-order valence-corrected chi connectivity index (χ3v) is 9.60. The minimum atomic E-state index is -0.571. The number of rotatable bonds is 4. The molecule has 0 atom stereocenters. The second kappa shape index (κ2) is 10.6. The fourth-order valence-corrected chi connectivity index (χ4v) is 7.76. The van der Waals surface area contributed by atoms with Crippen molar-refractivity contribution in [2.24, 2.45) is 0 Å². The molecule has 46 heavy (non-hydrogen) atoms. The van der Waals surface area contributed by atoms with Crippen molar-refractivity contribution in [3.05, 3.63) is 204 Å². The normalized spacial score (nSPS) is 13.1. The summed E-state index contributed by atoms with van der Waals surface area (Å²) >= 11 is 0. The Bertz CT molecular complexity index is 2280. The Labute approximate surface area is 269 Å². The number of hydrogen-bond donors (Lipinski definition) is 0. The molecule has 0 saturated heterocycles. The van der Waals surface area contributed by atoms with Gasteiger partial charge in [0.05, 0.1) is 5.41 Å². The Balaban J connectivity index is 1.44. The molecule has 1 aliphatic rings. The Hall–Kier alpha value is -5.92. The molecule has 0 spiro atoms.